The summed E-state index contributed by atoms with van der Waals surface area (Å²) in [6.07, 6.45) is 4.25. The second-order valence-electron chi connectivity index (χ2n) is 8.19. The van der Waals surface area contributed by atoms with Gasteiger partial charge in [-0.05, 0) is 24.0 Å². The highest BCUT2D eigenvalue weighted by atomic mass is 16.2. The molecule has 2 aromatic heterocycles. The summed E-state index contributed by atoms with van der Waals surface area (Å²) in [5.74, 6) is -0.134. The smallest absolute Gasteiger partial charge is 0.256 e. The minimum atomic E-state index is -0.449. The summed E-state index contributed by atoms with van der Waals surface area (Å²) >= 11 is 0. The van der Waals surface area contributed by atoms with E-state index in [9.17, 15) is 9.59 Å². The van der Waals surface area contributed by atoms with Gasteiger partial charge in [-0.1, -0.05) is 44.2 Å². The summed E-state index contributed by atoms with van der Waals surface area (Å²) in [7, 11) is 1.79. The Bertz CT molecular complexity index is 1060. The highest BCUT2D eigenvalue weighted by Gasteiger charge is 2.38. The first kappa shape index (κ1) is 20.1. The fourth-order valence-electron chi connectivity index (χ4n) is 4.03. The van der Waals surface area contributed by atoms with E-state index in [1.165, 1.54) is 5.56 Å². The van der Waals surface area contributed by atoms with Crippen LogP contribution in [0.5, 0.6) is 0 Å². The van der Waals surface area contributed by atoms with Crippen molar-refractivity contribution in [3.8, 4) is 0 Å². The number of imidazole rings is 1. The number of aryl methyl sites for hydroxylation is 2. The van der Waals surface area contributed by atoms with E-state index in [1.54, 1.807) is 35.4 Å². The Kier molecular flexibility index (Phi) is 5.53. The number of fused-ring (bicyclic) bond motifs is 1. The van der Waals surface area contributed by atoms with E-state index in [4.69, 9.17) is 0 Å². The lowest BCUT2D eigenvalue weighted by molar-refractivity contribution is -0.140. The quantitative estimate of drug-likeness (QED) is 0.654. The first-order valence-corrected chi connectivity index (χ1v) is 10.4. The van der Waals surface area contributed by atoms with E-state index >= 15 is 0 Å². The third-order valence-electron chi connectivity index (χ3n) is 5.72. The summed E-state index contributed by atoms with van der Waals surface area (Å²) < 4.78 is 2.01. The Hall–Kier alpha value is -3.22. The predicted molar refractivity (Wildman–Crippen MR) is 115 cm³/mol. The Labute approximate surface area is 176 Å². The first-order valence-electron chi connectivity index (χ1n) is 10.4. The summed E-state index contributed by atoms with van der Waals surface area (Å²) in [6.45, 7) is 5.77. The summed E-state index contributed by atoms with van der Waals surface area (Å²) in [6, 6.07) is 11.6. The number of hydrogen-bond acceptors (Lipinski definition) is 4. The molecule has 3 aromatic rings. The Balaban J connectivity index is 1.55. The van der Waals surface area contributed by atoms with Crippen molar-refractivity contribution in [2.24, 2.45) is 5.92 Å². The maximum atomic E-state index is 13.2. The van der Waals surface area contributed by atoms with Gasteiger partial charge in [0.15, 0.2) is 5.65 Å². The first-order chi connectivity index (χ1) is 14.5. The predicted octanol–water partition coefficient (Wildman–Crippen LogP) is 2.61. The van der Waals surface area contributed by atoms with Crippen LogP contribution in [0.2, 0.25) is 0 Å². The van der Waals surface area contributed by atoms with Crippen molar-refractivity contribution in [3.05, 3.63) is 60.0 Å². The number of hydrogen-bond donors (Lipinski definition) is 0. The van der Waals surface area contributed by atoms with Gasteiger partial charge >= 0.3 is 0 Å². The Morgan fingerprint density at radius 3 is 2.67 bits per heavy atom. The maximum Gasteiger partial charge on any atom is 0.256 e. The molecule has 0 spiro atoms. The van der Waals surface area contributed by atoms with Crippen molar-refractivity contribution in [2.75, 3.05) is 20.1 Å². The summed E-state index contributed by atoms with van der Waals surface area (Å²) in [4.78, 5) is 38.2. The number of piperazine rings is 1. The zero-order valence-corrected chi connectivity index (χ0v) is 17.7. The van der Waals surface area contributed by atoms with Crippen molar-refractivity contribution in [1.29, 1.82) is 0 Å². The molecule has 7 heteroatoms. The Morgan fingerprint density at radius 2 is 1.93 bits per heavy atom. The van der Waals surface area contributed by atoms with Gasteiger partial charge in [0.2, 0.25) is 5.91 Å². The third kappa shape index (κ3) is 3.79. The molecule has 7 nitrogen and oxygen atoms in total. The normalized spacial score (nSPS) is 17.2. The van der Waals surface area contributed by atoms with Gasteiger partial charge in [0.05, 0.1) is 11.9 Å². The molecular formula is C23H27N5O2. The second-order valence-corrected chi connectivity index (χ2v) is 8.19. The lowest BCUT2D eigenvalue weighted by Gasteiger charge is -2.41. The average Bonchev–Trinajstić information content (AvgIpc) is 3.16. The molecule has 0 aliphatic carbocycles. The summed E-state index contributed by atoms with van der Waals surface area (Å²) in [5, 5.41) is 0. The summed E-state index contributed by atoms with van der Waals surface area (Å²) in [5.41, 5.74) is 3.18. The molecule has 156 valence electrons. The van der Waals surface area contributed by atoms with Crippen LogP contribution in [0.15, 0.2) is 48.9 Å². The standard InChI is InChI=1S/C23H27N5O2/c1-16(2)20-23(30)26(3)11-12-28(20)22(29)18-13-19-21(24-14-18)27(15-25-19)10-9-17-7-5-4-6-8-17/h4-8,13-16,20H,9-12H2,1-3H3. The zero-order chi connectivity index (χ0) is 21.3. The third-order valence-corrected chi connectivity index (χ3v) is 5.72. The van der Waals surface area contributed by atoms with Crippen LogP contribution < -0.4 is 0 Å². The van der Waals surface area contributed by atoms with Crippen LogP contribution in [0.25, 0.3) is 11.2 Å². The molecule has 2 amide bonds. The number of aromatic nitrogens is 3. The number of pyridine rings is 1. The van der Waals surface area contributed by atoms with Crippen molar-refractivity contribution in [1.82, 2.24) is 24.3 Å². The van der Waals surface area contributed by atoms with Crippen molar-refractivity contribution in [3.63, 3.8) is 0 Å². The molecule has 1 unspecified atom stereocenters. The van der Waals surface area contributed by atoms with Crippen LogP contribution in [0.4, 0.5) is 0 Å². The SMILES string of the molecule is CC(C)C1C(=O)N(C)CCN1C(=O)c1cnc2c(c1)ncn2CCc1ccccc1. The number of carbonyl (C=O) groups excluding carboxylic acids is 2. The van der Waals surface area contributed by atoms with Crippen LogP contribution in [-0.2, 0) is 17.8 Å². The molecule has 0 radical (unpaired) electrons. The molecule has 1 aromatic carbocycles. The number of amides is 2. The Morgan fingerprint density at radius 1 is 1.17 bits per heavy atom. The topological polar surface area (TPSA) is 71.3 Å². The van der Waals surface area contributed by atoms with Crippen LogP contribution >= 0.6 is 0 Å². The average molecular weight is 406 g/mol. The van der Waals surface area contributed by atoms with Crippen molar-refractivity contribution < 1.29 is 9.59 Å². The van der Waals surface area contributed by atoms with Gasteiger partial charge in [0, 0.05) is 32.9 Å². The van der Waals surface area contributed by atoms with Crippen LogP contribution in [0.3, 0.4) is 0 Å². The van der Waals surface area contributed by atoms with Gasteiger partial charge in [-0.15, -0.1) is 0 Å². The molecule has 0 bridgehead atoms. The number of rotatable bonds is 5. The van der Waals surface area contributed by atoms with Gasteiger partial charge in [-0.25, -0.2) is 9.97 Å². The molecule has 3 heterocycles. The largest absolute Gasteiger partial charge is 0.342 e. The second kappa shape index (κ2) is 8.26. The number of likely N-dealkylation sites (N-methyl/N-ethyl adjacent to an activating group) is 1. The number of carbonyl (C=O) groups is 2. The van der Waals surface area contributed by atoms with Gasteiger partial charge < -0.3 is 14.4 Å². The fourth-order valence-corrected chi connectivity index (χ4v) is 4.03. The molecule has 1 fully saturated rings. The molecule has 30 heavy (non-hydrogen) atoms. The van der Waals surface area contributed by atoms with E-state index in [0.717, 1.165) is 18.6 Å². The highest BCUT2D eigenvalue weighted by Crippen LogP contribution is 2.22. The minimum absolute atomic E-state index is 0.0103. The molecule has 1 aliphatic heterocycles. The van der Waals surface area contributed by atoms with Crippen LogP contribution in [0, 0.1) is 5.92 Å². The van der Waals surface area contributed by atoms with E-state index in [1.807, 2.05) is 36.6 Å². The van der Waals surface area contributed by atoms with E-state index in [-0.39, 0.29) is 17.7 Å². The molecule has 1 saturated heterocycles. The van der Waals surface area contributed by atoms with Crippen molar-refractivity contribution >= 4 is 23.0 Å². The zero-order valence-electron chi connectivity index (χ0n) is 17.7. The van der Waals surface area contributed by atoms with E-state index < -0.39 is 6.04 Å². The highest BCUT2D eigenvalue weighted by molar-refractivity contribution is 5.99. The molecule has 0 saturated carbocycles. The number of nitrogens with zero attached hydrogens (tertiary/aromatic N) is 5. The minimum Gasteiger partial charge on any atom is -0.342 e. The molecular weight excluding hydrogens is 378 g/mol. The fraction of sp³-hybridized carbons (Fsp3) is 0.391. The van der Waals surface area contributed by atoms with Crippen LogP contribution in [-0.4, -0.2) is 62.3 Å². The molecule has 0 N–H and O–H groups in total. The number of benzene rings is 1. The molecule has 4 rings (SSSR count). The van der Waals surface area contributed by atoms with E-state index in [2.05, 4.69) is 22.1 Å². The van der Waals surface area contributed by atoms with Crippen LogP contribution in [0.1, 0.15) is 29.8 Å². The van der Waals surface area contributed by atoms with Crippen molar-refractivity contribution in [2.45, 2.75) is 32.9 Å². The van der Waals surface area contributed by atoms with Gasteiger partial charge in [0.25, 0.3) is 5.91 Å². The lowest BCUT2D eigenvalue weighted by atomic mass is 9.98. The van der Waals surface area contributed by atoms with E-state index in [0.29, 0.717) is 24.2 Å². The van der Waals surface area contributed by atoms with Gasteiger partial charge in [-0.3, -0.25) is 9.59 Å². The van der Waals surface area contributed by atoms with Gasteiger partial charge in [0.1, 0.15) is 11.6 Å². The molecule has 1 atom stereocenters. The maximum absolute atomic E-state index is 13.2. The lowest BCUT2D eigenvalue weighted by Crippen LogP contribution is -2.59. The molecule has 1 aliphatic rings. The monoisotopic (exact) mass is 405 g/mol. The van der Waals surface area contributed by atoms with Gasteiger partial charge in [-0.2, -0.15) is 0 Å².